The lowest BCUT2D eigenvalue weighted by molar-refractivity contribution is 0.322. The lowest BCUT2D eigenvalue weighted by Gasteiger charge is -2.06. The van der Waals surface area contributed by atoms with E-state index in [4.69, 9.17) is 10.8 Å². The molecule has 0 saturated heterocycles. The summed E-state index contributed by atoms with van der Waals surface area (Å²) in [5.41, 5.74) is 5.68. The van der Waals surface area contributed by atoms with Crippen LogP contribution in [0.15, 0.2) is 0 Å². The molecule has 0 aliphatic carbocycles. The van der Waals surface area contributed by atoms with E-state index in [0.717, 1.165) is 24.3 Å². The highest BCUT2D eigenvalue weighted by Crippen LogP contribution is 2.04. The fourth-order valence-corrected chi connectivity index (χ4v) is 1.41. The molecular weight excluding hydrogens is 146 g/mol. The molecule has 0 aliphatic heterocycles. The van der Waals surface area contributed by atoms with Gasteiger partial charge in [-0.05, 0) is 18.6 Å². The Balaban J connectivity index is 2.89. The van der Waals surface area contributed by atoms with Crippen LogP contribution in [0.1, 0.15) is 19.8 Å². The molecule has 1 unspecified atom stereocenters. The van der Waals surface area contributed by atoms with Crippen LogP contribution in [-0.4, -0.2) is 29.3 Å². The first-order valence-corrected chi connectivity index (χ1v) is 4.91. The Kier molecular flexibility index (Phi) is 7.58. The summed E-state index contributed by atoms with van der Waals surface area (Å²) >= 11 is 1.77. The number of rotatable bonds is 6. The van der Waals surface area contributed by atoms with Crippen molar-refractivity contribution < 1.29 is 5.11 Å². The van der Waals surface area contributed by atoms with E-state index in [-0.39, 0.29) is 6.61 Å². The Hall–Kier alpha value is 0.270. The summed E-state index contributed by atoms with van der Waals surface area (Å²) in [6.07, 6.45) is 2.13. The van der Waals surface area contributed by atoms with Crippen molar-refractivity contribution in [1.82, 2.24) is 0 Å². The minimum Gasteiger partial charge on any atom is -0.396 e. The molecule has 3 heteroatoms. The van der Waals surface area contributed by atoms with Gasteiger partial charge in [-0.2, -0.15) is 11.8 Å². The second kappa shape index (κ2) is 7.38. The lowest BCUT2D eigenvalue weighted by atomic mass is 10.2. The molecule has 0 aromatic heterocycles. The molecule has 0 aromatic rings. The van der Waals surface area contributed by atoms with E-state index in [1.165, 1.54) is 0 Å². The van der Waals surface area contributed by atoms with Gasteiger partial charge in [-0.1, -0.05) is 6.92 Å². The topological polar surface area (TPSA) is 46.2 Å². The Morgan fingerprint density at radius 3 is 2.70 bits per heavy atom. The highest BCUT2D eigenvalue weighted by atomic mass is 32.2. The number of aliphatic hydroxyl groups is 1. The van der Waals surface area contributed by atoms with Crippen molar-refractivity contribution >= 4 is 11.8 Å². The summed E-state index contributed by atoms with van der Waals surface area (Å²) in [6, 6.07) is 0.353. The largest absolute Gasteiger partial charge is 0.396 e. The third-order valence-electron chi connectivity index (χ3n) is 1.39. The monoisotopic (exact) mass is 163 g/mol. The van der Waals surface area contributed by atoms with Crippen molar-refractivity contribution in [3.8, 4) is 0 Å². The molecule has 10 heavy (non-hydrogen) atoms. The Bertz CT molecular complexity index is 70.6. The maximum atomic E-state index is 8.44. The minimum absolute atomic E-state index is 0.284. The first kappa shape index (κ1) is 10.3. The predicted octanol–water partition coefficient (Wildman–Crippen LogP) is 0.839. The molecule has 0 aliphatic rings. The quantitative estimate of drug-likeness (QED) is 0.570. The number of thioether (sulfide) groups is 1. The van der Waals surface area contributed by atoms with Gasteiger partial charge in [-0.15, -0.1) is 0 Å². The molecule has 2 nitrogen and oxygen atoms in total. The van der Waals surface area contributed by atoms with Crippen LogP contribution in [0.3, 0.4) is 0 Å². The van der Waals surface area contributed by atoms with Gasteiger partial charge >= 0.3 is 0 Å². The molecular formula is C7H17NOS. The van der Waals surface area contributed by atoms with Crippen LogP contribution < -0.4 is 5.73 Å². The second-order valence-electron chi connectivity index (χ2n) is 2.29. The first-order valence-electron chi connectivity index (χ1n) is 3.75. The van der Waals surface area contributed by atoms with Gasteiger partial charge in [0.15, 0.2) is 0 Å². The van der Waals surface area contributed by atoms with Crippen molar-refractivity contribution in [2.75, 3.05) is 18.1 Å². The van der Waals surface area contributed by atoms with Crippen LogP contribution in [0.25, 0.3) is 0 Å². The first-order chi connectivity index (χ1) is 4.81. The third kappa shape index (κ3) is 6.39. The van der Waals surface area contributed by atoms with Crippen molar-refractivity contribution in [3.05, 3.63) is 0 Å². The fraction of sp³-hybridized carbons (Fsp3) is 1.00. The van der Waals surface area contributed by atoms with E-state index in [2.05, 4.69) is 6.92 Å². The van der Waals surface area contributed by atoms with Gasteiger partial charge in [0.2, 0.25) is 0 Å². The molecule has 0 amide bonds. The SMILES string of the molecule is CCC(N)CCSCCO. The Labute approximate surface area is 67.2 Å². The van der Waals surface area contributed by atoms with Crippen LogP contribution in [0.2, 0.25) is 0 Å². The van der Waals surface area contributed by atoms with Crippen molar-refractivity contribution in [1.29, 1.82) is 0 Å². The van der Waals surface area contributed by atoms with E-state index < -0.39 is 0 Å². The van der Waals surface area contributed by atoms with Crippen LogP contribution in [-0.2, 0) is 0 Å². The van der Waals surface area contributed by atoms with Crippen LogP contribution in [0.4, 0.5) is 0 Å². The molecule has 0 spiro atoms. The summed E-state index contributed by atoms with van der Waals surface area (Å²) in [7, 11) is 0. The predicted molar refractivity (Wildman–Crippen MR) is 47.3 cm³/mol. The standard InChI is InChI=1S/C7H17NOS/c1-2-7(8)3-5-10-6-4-9/h7,9H,2-6,8H2,1H3. The van der Waals surface area contributed by atoms with Gasteiger partial charge in [0.1, 0.15) is 0 Å². The van der Waals surface area contributed by atoms with Gasteiger partial charge in [0, 0.05) is 11.8 Å². The summed E-state index contributed by atoms with van der Waals surface area (Å²) in [4.78, 5) is 0. The normalized spacial score (nSPS) is 13.5. The van der Waals surface area contributed by atoms with E-state index in [9.17, 15) is 0 Å². The summed E-state index contributed by atoms with van der Waals surface area (Å²) in [5.74, 6) is 1.92. The van der Waals surface area contributed by atoms with Crippen molar-refractivity contribution in [2.45, 2.75) is 25.8 Å². The lowest BCUT2D eigenvalue weighted by Crippen LogP contribution is -2.19. The highest BCUT2D eigenvalue weighted by Gasteiger charge is 1.97. The molecule has 1 atom stereocenters. The average Bonchev–Trinajstić information content (AvgIpc) is 1.98. The smallest absolute Gasteiger partial charge is 0.0521 e. The minimum atomic E-state index is 0.284. The van der Waals surface area contributed by atoms with E-state index in [0.29, 0.717) is 6.04 Å². The summed E-state index contributed by atoms with van der Waals surface area (Å²) < 4.78 is 0. The van der Waals surface area contributed by atoms with Gasteiger partial charge < -0.3 is 10.8 Å². The maximum absolute atomic E-state index is 8.44. The second-order valence-corrected chi connectivity index (χ2v) is 3.52. The number of hydrogen-bond acceptors (Lipinski definition) is 3. The molecule has 0 rings (SSSR count). The van der Waals surface area contributed by atoms with Gasteiger partial charge in [-0.25, -0.2) is 0 Å². The molecule has 0 saturated carbocycles. The van der Waals surface area contributed by atoms with Gasteiger partial charge in [0.05, 0.1) is 6.61 Å². The van der Waals surface area contributed by atoms with Crippen molar-refractivity contribution in [2.24, 2.45) is 5.73 Å². The summed E-state index contributed by atoms with van der Waals surface area (Å²) in [6.45, 7) is 2.38. The van der Waals surface area contributed by atoms with E-state index in [1.54, 1.807) is 11.8 Å². The zero-order valence-corrected chi connectivity index (χ0v) is 7.36. The maximum Gasteiger partial charge on any atom is 0.0521 e. The highest BCUT2D eigenvalue weighted by molar-refractivity contribution is 7.99. The van der Waals surface area contributed by atoms with E-state index in [1.807, 2.05) is 0 Å². The van der Waals surface area contributed by atoms with Crippen LogP contribution in [0.5, 0.6) is 0 Å². The van der Waals surface area contributed by atoms with Crippen LogP contribution >= 0.6 is 11.8 Å². The third-order valence-corrected chi connectivity index (χ3v) is 2.39. The number of hydrogen-bond donors (Lipinski definition) is 2. The molecule has 0 aromatic carbocycles. The Morgan fingerprint density at radius 2 is 2.20 bits per heavy atom. The summed E-state index contributed by atoms with van der Waals surface area (Å²) in [5, 5.41) is 8.44. The zero-order chi connectivity index (χ0) is 7.82. The molecule has 62 valence electrons. The number of nitrogens with two attached hydrogens (primary N) is 1. The molecule has 0 fully saturated rings. The van der Waals surface area contributed by atoms with Crippen molar-refractivity contribution in [3.63, 3.8) is 0 Å². The van der Waals surface area contributed by atoms with Gasteiger partial charge in [0.25, 0.3) is 0 Å². The molecule has 0 bridgehead atoms. The van der Waals surface area contributed by atoms with Gasteiger partial charge in [-0.3, -0.25) is 0 Å². The Morgan fingerprint density at radius 1 is 1.50 bits per heavy atom. The molecule has 0 heterocycles. The molecule has 0 radical (unpaired) electrons. The van der Waals surface area contributed by atoms with Crippen LogP contribution in [0, 0.1) is 0 Å². The van der Waals surface area contributed by atoms with E-state index >= 15 is 0 Å². The fourth-order valence-electron chi connectivity index (χ4n) is 0.605. The zero-order valence-electron chi connectivity index (χ0n) is 6.55. The average molecular weight is 163 g/mol. The number of aliphatic hydroxyl groups excluding tert-OH is 1. The molecule has 3 N–H and O–H groups in total.